The Kier molecular flexibility index (Phi) is 6.30. The molecule has 1 unspecified atom stereocenters. The summed E-state index contributed by atoms with van der Waals surface area (Å²) in [4.78, 5) is 21.7. The Balaban J connectivity index is 2.49. The average molecular weight is 294 g/mol. The molecule has 0 radical (unpaired) electrons. The summed E-state index contributed by atoms with van der Waals surface area (Å²) in [6, 6.07) is 0. The maximum absolute atomic E-state index is 11.4. The number of rotatable bonds is 6. The highest BCUT2D eigenvalue weighted by molar-refractivity contribution is 5.71. The van der Waals surface area contributed by atoms with Crippen molar-refractivity contribution in [2.24, 2.45) is 0 Å². The smallest absolute Gasteiger partial charge is 0.308 e. The third-order valence-corrected chi connectivity index (χ3v) is 2.87. The second-order valence-electron chi connectivity index (χ2n) is 4.43. The van der Waals surface area contributed by atoms with Gasteiger partial charge in [0.05, 0.1) is 6.61 Å². The quantitative estimate of drug-likeness (QED) is 0.337. The molecule has 1 heterocycles. The van der Waals surface area contributed by atoms with E-state index in [4.69, 9.17) is 19.7 Å². The molecule has 0 aromatic rings. The Bertz CT molecular complexity index is 343. The van der Waals surface area contributed by atoms with Gasteiger partial charge in [-0.2, -0.15) is 0 Å². The molecule has 5 atom stereocenters. The van der Waals surface area contributed by atoms with Crippen molar-refractivity contribution in [3.63, 3.8) is 0 Å². The van der Waals surface area contributed by atoms with Gasteiger partial charge in [-0.1, -0.05) is 0 Å². The zero-order valence-electron chi connectivity index (χ0n) is 10.6. The molecule has 1 fully saturated rings. The maximum atomic E-state index is 11.4. The van der Waals surface area contributed by atoms with Crippen molar-refractivity contribution < 1.29 is 44.6 Å². The summed E-state index contributed by atoms with van der Waals surface area (Å²) in [6.07, 6.45) is -7.84. The number of aliphatic carboxylic acids is 1. The Morgan fingerprint density at radius 2 is 1.70 bits per heavy atom. The SMILES string of the molecule is O=C(O)CCCC(=O)OC1O[C@H](CO)[C@@H](O)[C@H](O)[C@@H]1O. The van der Waals surface area contributed by atoms with Crippen LogP contribution in [0.5, 0.6) is 0 Å². The number of ether oxygens (including phenoxy) is 2. The van der Waals surface area contributed by atoms with E-state index < -0.39 is 49.3 Å². The van der Waals surface area contributed by atoms with Gasteiger partial charge in [0, 0.05) is 12.8 Å². The normalized spacial score (nSPS) is 33.7. The van der Waals surface area contributed by atoms with E-state index in [1.165, 1.54) is 0 Å². The standard InChI is InChI=1S/C11H18O9/c12-4-5-8(16)9(17)10(18)11(19-5)20-7(15)3-1-2-6(13)14/h5,8-12,16-18H,1-4H2,(H,13,14)/t5-,8-,9+,10+,11?/m1/s1. The lowest BCUT2D eigenvalue weighted by Crippen LogP contribution is -2.59. The number of esters is 1. The van der Waals surface area contributed by atoms with Crippen LogP contribution in [-0.2, 0) is 19.1 Å². The number of aliphatic hydroxyl groups excluding tert-OH is 4. The highest BCUT2D eigenvalue weighted by atomic mass is 16.7. The predicted molar refractivity (Wildman–Crippen MR) is 61.3 cm³/mol. The van der Waals surface area contributed by atoms with Crippen LogP contribution in [-0.4, -0.2) is 74.8 Å². The third kappa shape index (κ3) is 4.39. The molecule has 0 aromatic carbocycles. The van der Waals surface area contributed by atoms with E-state index in [0.29, 0.717) is 0 Å². The van der Waals surface area contributed by atoms with Crippen LogP contribution in [0.3, 0.4) is 0 Å². The predicted octanol–water partition coefficient (Wildman–Crippen LogP) is -2.42. The molecule has 0 aromatic heterocycles. The van der Waals surface area contributed by atoms with Gasteiger partial charge in [0.15, 0.2) is 0 Å². The van der Waals surface area contributed by atoms with Gasteiger partial charge < -0.3 is 35.0 Å². The molecule has 0 bridgehead atoms. The number of hydrogen-bond donors (Lipinski definition) is 5. The van der Waals surface area contributed by atoms with E-state index in [0.717, 1.165) is 0 Å². The fourth-order valence-electron chi connectivity index (χ4n) is 1.74. The fourth-order valence-corrected chi connectivity index (χ4v) is 1.74. The Morgan fingerprint density at radius 1 is 1.05 bits per heavy atom. The second kappa shape index (κ2) is 7.50. The molecule has 20 heavy (non-hydrogen) atoms. The van der Waals surface area contributed by atoms with E-state index in [1.807, 2.05) is 0 Å². The maximum Gasteiger partial charge on any atom is 0.308 e. The zero-order chi connectivity index (χ0) is 15.3. The van der Waals surface area contributed by atoms with Gasteiger partial charge in [0.25, 0.3) is 0 Å². The molecule has 116 valence electrons. The van der Waals surface area contributed by atoms with Crippen LogP contribution in [0, 0.1) is 0 Å². The van der Waals surface area contributed by atoms with Crippen molar-refractivity contribution in [3.05, 3.63) is 0 Å². The van der Waals surface area contributed by atoms with Gasteiger partial charge >= 0.3 is 11.9 Å². The van der Waals surface area contributed by atoms with E-state index >= 15 is 0 Å². The molecule has 1 aliphatic rings. The Morgan fingerprint density at radius 3 is 2.25 bits per heavy atom. The Hall–Kier alpha value is -1.26. The van der Waals surface area contributed by atoms with Crippen molar-refractivity contribution in [2.45, 2.75) is 50.0 Å². The van der Waals surface area contributed by atoms with Gasteiger partial charge in [-0.25, -0.2) is 0 Å². The van der Waals surface area contributed by atoms with Crippen LogP contribution in [0.15, 0.2) is 0 Å². The molecular formula is C11H18O9. The zero-order valence-corrected chi connectivity index (χ0v) is 10.6. The lowest BCUT2D eigenvalue weighted by atomic mass is 9.99. The van der Waals surface area contributed by atoms with Gasteiger partial charge in [-0.15, -0.1) is 0 Å². The number of carboxylic acid groups (broad SMARTS) is 1. The van der Waals surface area contributed by atoms with Crippen LogP contribution in [0.4, 0.5) is 0 Å². The molecule has 1 aliphatic heterocycles. The molecule has 1 rings (SSSR count). The first-order valence-corrected chi connectivity index (χ1v) is 6.08. The van der Waals surface area contributed by atoms with Crippen molar-refractivity contribution in [1.82, 2.24) is 0 Å². The molecule has 9 heteroatoms. The summed E-state index contributed by atoms with van der Waals surface area (Å²) >= 11 is 0. The molecule has 0 spiro atoms. The number of carbonyl (C=O) groups excluding carboxylic acids is 1. The van der Waals surface area contributed by atoms with Gasteiger partial charge in [-0.05, 0) is 6.42 Å². The van der Waals surface area contributed by atoms with Crippen LogP contribution in [0.25, 0.3) is 0 Å². The van der Waals surface area contributed by atoms with Crippen LogP contribution < -0.4 is 0 Å². The van der Waals surface area contributed by atoms with Gasteiger partial charge in [0.1, 0.15) is 24.4 Å². The van der Waals surface area contributed by atoms with Gasteiger partial charge in [0.2, 0.25) is 6.29 Å². The van der Waals surface area contributed by atoms with Crippen molar-refractivity contribution in [1.29, 1.82) is 0 Å². The molecule has 0 amide bonds. The van der Waals surface area contributed by atoms with Crippen LogP contribution in [0.2, 0.25) is 0 Å². The fraction of sp³-hybridized carbons (Fsp3) is 0.818. The topological polar surface area (TPSA) is 154 Å². The van der Waals surface area contributed by atoms with Crippen LogP contribution >= 0.6 is 0 Å². The number of hydrogen-bond acceptors (Lipinski definition) is 8. The Labute approximate surface area is 114 Å². The van der Waals surface area contributed by atoms with Crippen molar-refractivity contribution in [2.75, 3.05) is 6.61 Å². The number of aliphatic hydroxyl groups is 4. The summed E-state index contributed by atoms with van der Waals surface area (Å²) in [5.41, 5.74) is 0. The minimum atomic E-state index is -1.66. The monoisotopic (exact) mass is 294 g/mol. The molecule has 0 aliphatic carbocycles. The largest absolute Gasteiger partial charge is 0.481 e. The molecule has 0 saturated carbocycles. The summed E-state index contributed by atoms with van der Waals surface area (Å²) in [6.45, 7) is -0.627. The number of carbonyl (C=O) groups is 2. The lowest BCUT2D eigenvalue weighted by molar-refractivity contribution is -0.292. The van der Waals surface area contributed by atoms with Crippen molar-refractivity contribution >= 4 is 11.9 Å². The van der Waals surface area contributed by atoms with E-state index in [9.17, 15) is 24.9 Å². The van der Waals surface area contributed by atoms with E-state index in [-0.39, 0.29) is 19.3 Å². The highest BCUT2D eigenvalue weighted by Gasteiger charge is 2.45. The first-order valence-electron chi connectivity index (χ1n) is 6.08. The van der Waals surface area contributed by atoms with Gasteiger partial charge in [-0.3, -0.25) is 9.59 Å². The lowest BCUT2D eigenvalue weighted by Gasteiger charge is -2.39. The van der Waals surface area contributed by atoms with E-state index in [2.05, 4.69) is 0 Å². The summed E-state index contributed by atoms with van der Waals surface area (Å²) in [5, 5.41) is 45.9. The first kappa shape index (κ1) is 16.8. The highest BCUT2D eigenvalue weighted by Crippen LogP contribution is 2.22. The molecule has 5 N–H and O–H groups in total. The second-order valence-corrected chi connectivity index (χ2v) is 4.43. The van der Waals surface area contributed by atoms with E-state index in [1.54, 1.807) is 0 Å². The summed E-state index contributed by atoms with van der Waals surface area (Å²) in [7, 11) is 0. The summed E-state index contributed by atoms with van der Waals surface area (Å²) < 4.78 is 9.71. The number of carboxylic acids is 1. The average Bonchev–Trinajstić information content (AvgIpc) is 2.39. The van der Waals surface area contributed by atoms with Crippen molar-refractivity contribution in [3.8, 4) is 0 Å². The minimum Gasteiger partial charge on any atom is -0.481 e. The molecule has 1 saturated heterocycles. The molecule has 9 nitrogen and oxygen atoms in total. The first-order chi connectivity index (χ1) is 9.36. The third-order valence-electron chi connectivity index (χ3n) is 2.87. The van der Waals surface area contributed by atoms with Crippen LogP contribution in [0.1, 0.15) is 19.3 Å². The minimum absolute atomic E-state index is 0.0611. The molecular weight excluding hydrogens is 276 g/mol. The summed E-state index contributed by atoms with van der Waals surface area (Å²) in [5.74, 6) is -1.86.